The third kappa shape index (κ3) is 3.44. The maximum atomic E-state index is 11.3. The molecule has 0 aliphatic carbocycles. The van der Waals surface area contributed by atoms with Gasteiger partial charge in [0.1, 0.15) is 11.4 Å². The Morgan fingerprint density at radius 3 is 2.74 bits per heavy atom. The molecular formula is C14H21N3O2. The molecule has 0 saturated carbocycles. The van der Waals surface area contributed by atoms with Crippen molar-refractivity contribution >= 4 is 11.8 Å². The van der Waals surface area contributed by atoms with E-state index >= 15 is 0 Å². The minimum atomic E-state index is -0.923. The van der Waals surface area contributed by atoms with Crippen LogP contribution in [0.1, 0.15) is 34.5 Å². The number of rotatable bonds is 5. The first-order valence-electron chi connectivity index (χ1n) is 6.75. The molecule has 5 nitrogen and oxygen atoms in total. The minimum absolute atomic E-state index is 0.284. The summed E-state index contributed by atoms with van der Waals surface area (Å²) in [4.78, 5) is 18.0. The van der Waals surface area contributed by atoms with Crippen LogP contribution in [0.15, 0.2) is 6.07 Å². The Morgan fingerprint density at radius 1 is 1.42 bits per heavy atom. The van der Waals surface area contributed by atoms with Gasteiger partial charge in [-0.1, -0.05) is 0 Å². The summed E-state index contributed by atoms with van der Waals surface area (Å²) in [5, 5.41) is 12.4. The van der Waals surface area contributed by atoms with Gasteiger partial charge in [0.05, 0.1) is 0 Å². The quantitative estimate of drug-likeness (QED) is 0.849. The van der Waals surface area contributed by atoms with Crippen molar-refractivity contribution in [1.82, 2.24) is 9.88 Å². The van der Waals surface area contributed by atoms with Gasteiger partial charge in [-0.15, -0.1) is 0 Å². The van der Waals surface area contributed by atoms with Gasteiger partial charge in [-0.3, -0.25) is 0 Å². The lowest BCUT2D eigenvalue weighted by Gasteiger charge is -2.16. The van der Waals surface area contributed by atoms with E-state index in [9.17, 15) is 9.90 Å². The molecule has 2 N–H and O–H groups in total. The molecule has 0 bridgehead atoms. The summed E-state index contributed by atoms with van der Waals surface area (Å²) < 4.78 is 0. The van der Waals surface area contributed by atoms with E-state index in [-0.39, 0.29) is 5.56 Å². The number of anilines is 1. The summed E-state index contributed by atoms with van der Waals surface area (Å²) in [6.07, 6.45) is 2.53. The van der Waals surface area contributed by atoms with Crippen LogP contribution < -0.4 is 5.32 Å². The Morgan fingerprint density at radius 2 is 2.11 bits per heavy atom. The molecule has 1 saturated heterocycles. The molecule has 1 aromatic rings. The number of nitrogens with one attached hydrogen (secondary N) is 1. The smallest absolute Gasteiger partial charge is 0.339 e. The summed E-state index contributed by atoms with van der Waals surface area (Å²) in [7, 11) is 0. The van der Waals surface area contributed by atoms with Crippen molar-refractivity contribution in [3.8, 4) is 0 Å². The van der Waals surface area contributed by atoms with E-state index in [2.05, 4.69) is 15.2 Å². The summed E-state index contributed by atoms with van der Waals surface area (Å²) >= 11 is 0. The number of aromatic carboxylic acids is 1. The van der Waals surface area contributed by atoms with Gasteiger partial charge in [0.25, 0.3) is 0 Å². The Bertz CT molecular complexity index is 468. The van der Waals surface area contributed by atoms with Crippen molar-refractivity contribution in [3.63, 3.8) is 0 Å². The lowest BCUT2D eigenvalue weighted by molar-refractivity contribution is 0.0697. The Hall–Kier alpha value is -1.62. The number of nitrogens with zero attached hydrogens (tertiary/aromatic N) is 2. The summed E-state index contributed by atoms with van der Waals surface area (Å²) in [5.41, 5.74) is 1.88. The predicted octanol–water partition coefficient (Wildman–Crippen LogP) is 1.90. The average molecular weight is 263 g/mol. The molecular weight excluding hydrogens is 242 g/mol. The van der Waals surface area contributed by atoms with Gasteiger partial charge in [-0.05, 0) is 51.4 Å². The highest BCUT2D eigenvalue weighted by Crippen LogP contribution is 2.18. The molecule has 0 spiro atoms. The normalized spacial score (nSPS) is 15.7. The van der Waals surface area contributed by atoms with Crippen LogP contribution in [0.3, 0.4) is 0 Å². The lowest BCUT2D eigenvalue weighted by Crippen LogP contribution is -2.26. The molecule has 1 fully saturated rings. The monoisotopic (exact) mass is 263 g/mol. The number of aryl methyl sites for hydroxylation is 2. The van der Waals surface area contributed by atoms with E-state index in [1.807, 2.05) is 13.8 Å². The second kappa shape index (κ2) is 6.02. The minimum Gasteiger partial charge on any atom is -0.478 e. The zero-order valence-corrected chi connectivity index (χ0v) is 11.6. The molecule has 0 amide bonds. The van der Waals surface area contributed by atoms with Crippen LogP contribution in [0, 0.1) is 13.8 Å². The van der Waals surface area contributed by atoms with Gasteiger partial charge < -0.3 is 15.3 Å². The zero-order chi connectivity index (χ0) is 13.8. The van der Waals surface area contributed by atoms with E-state index in [0.717, 1.165) is 37.4 Å². The van der Waals surface area contributed by atoms with Crippen LogP contribution in [-0.4, -0.2) is 47.1 Å². The Labute approximate surface area is 113 Å². The number of carbonyl (C=O) groups is 1. The predicted molar refractivity (Wildman–Crippen MR) is 74.8 cm³/mol. The topological polar surface area (TPSA) is 65.5 Å². The highest BCUT2D eigenvalue weighted by atomic mass is 16.4. The van der Waals surface area contributed by atoms with Crippen LogP contribution in [0.5, 0.6) is 0 Å². The zero-order valence-electron chi connectivity index (χ0n) is 11.6. The number of carboxylic acid groups (broad SMARTS) is 1. The van der Waals surface area contributed by atoms with Crippen molar-refractivity contribution in [3.05, 3.63) is 22.9 Å². The molecule has 1 aromatic heterocycles. The fourth-order valence-electron chi connectivity index (χ4n) is 2.57. The van der Waals surface area contributed by atoms with Crippen LogP contribution in [0.25, 0.3) is 0 Å². The molecule has 0 unspecified atom stereocenters. The molecule has 0 atom stereocenters. The lowest BCUT2D eigenvalue weighted by atomic mass is 10.1. The van der Waals surface area contributed by atoms with Crippen LogP contribution >= 0.6 is 0 Å². The molecule has 5 heteroatoms. The molecule has 0 aromatic carbocycles. The molecule has 104 valence electrons. The van der Waals surface area contributed by atoms with Crippen molar-refractivity contribution < 1.29 is 9.90 Å². The SMILES string of the molecule is Cc1cc(C)c(C(=O)O)c(NCCN2CCCC2)n1. The van der Waals surface area contributed by atoms with Gasteiger partial charge in [-0.2, -0.15) is 0 Å². The highest BCUT2D eigenvalue weighted by Gasteiger charge is 2.16. The number of pyridine rings is 1. The maximum absolute atomic E-state index is 11.3. The first-order chi connectivity index (χ1) is 9.08. The van der Waals surface area contributed by atoms with Crippen molar-refractivity contribution in [1.29, 1.82) is 0 Å². The van der Waals surface area contributed by atoms with Crippen molar-refractivity contribution in [2.75, 3.05) is 31.5 Å². The Balaban J connectivity index is 2.03. The second-order valence-corrected chi connectivity index (χ2v) is 5.08. The molecule has 1 aliphatic rings. The van der Waals surface area contributed by atoms with E-state index in [1.54, 1.807) is 6.07 Å². The van der Waals surface area contributed by atoms with E-state index < -0.39 is 5.97 Å². The first-order valence-corrected chi connectivity index (χ1v) is 6.75. The summed E-state index contributed by atoms with van der Waals surface area (Å²) in [6.45, 7) is 7.65. The van der Waals surface area contributed by atoms with Gasteiger partial charge >= 0.3 is 5.97 Å². The van der Waals surface area contributed by atoms with Crippen LogP contribution in [0.4, 0.5) is 5.82 Å². The van der Waals surface area contributed by atoms with E-state index in [1.165, 1.54) is 12.8 Å². The Kier molecular flexibility index (Phi) is 4.37. The first kappa shape index (κ1) is 13.8. The van der Waals surface area contributed by atoms with Crippen molar-refractivity contribution in [2.24, 2.45) is 0 Å². The molecule has 0 radical (unpaired) electrons. The fourth-order valence-corrected chi connectivity index (χ4v) is 2.57. The molecule has 2 heterocycles. The standard InChI is InChI=1S/C14H21N3O2/c1-10-9-11(2)16-13(12(10)14(18)19)15-5-8-17-6-3-4-7-17/h9H,3-8H2,1-2H3,(H,15,16)(H,18,19). The third-order valence-corrected chi connectivity index (χ3v) is 3.48. The third-order valence-electron chi connectivity index (χ3n) is 3.48. The average Bonchev–Trinajstić information content (AvgIpc) is 2.80. The number of hydrogen-bond acceptors (Lipinski definition) is 4. The number of carboxylic acids is 1. The van der Waals surface area contributed by atoms with Crippen LogP contribution in [0.2, 0.25) is 0 Å². The highest BCUT2D eigenvalue weighted by molar-refractivity contribution is 5.94. The van der Waals surface area contributed by atoms with Crippen LogP contribution in [-0.2, 0) is 0 Å². The second-order valence-electron chi connectivity index (χ2n) is 5.08. The molecule has 1 aliphatic heterocycles. The fraction of sp³-hybridized carbons (Fsp3) is 0.571. The van der Waals surface area contributed by atoms with Gasteiger partial charge in [-0.25, -0.2) is 9.78 Å². The summed E-state index contributed by atoms with van der Waals surface area (Å²) in [6, 6.07) is 1.80. The van der Waals surface area contributed by atoms with Gasteiger partial charge in [0.2, 0.25) is 0 Å². The van der Waals surface area contributed by atoms with Gasteiger partial charge in [0, 0.05) is 18.8 Å². The van der Waals surface area contributed by atoms with E-state index in [0.29, 0.717) is 5.82 Å². The van der Waals surface area contributed by atoms with E-state index in [4.69, 9.17) is 0 Å². The number of aromatic nitrogens is 1. The molecule has 2 rings (SSSR count). The van der Waals surface area contributed by atoms with Gasteiger partial charge in [0.15, 0.2) is 0 Å². The number of hydrogen-bond donors (Lipinski definition) is 2. The largest absolute Gasteiger partial charge is 0.478 e. The summed E-state index contributed by atoms with van der Waals surface area (Å²) in [5.74, 6) is -0.433. The maximum Gasteiger partial charge on any atom is 0.339 e. The number of likely N-dealkylation sites (tertiary alicyclic amines) is 1. The molecule has 19 heavy (non-hydrogen) atoms. The van der Waals surface area contributed by atoms with Crippen molar-refractivity contribution in [2.45, 2.75) is 26.7 Å².